The van der Waals surface area contributed by atoms with Crippen molar-refractivity contribution in [2.24, 2.45) is 0 Å². The van der Waals surface area contributed by atoms with Gasteiger partial charge in [0, 0.05) is 25.7 Å². The topological polar surface area (TPSA) is 77.3 Å². The van der Waals surface area contributed by atoms with Gasteiger partial charge in [0.25, 0.3) is 0 Å². The fourth-order valence-corrected chi connectivity index (χ4v) is 5.62. The standard InChI is InChI=1S/C17H22N4O3S/c1-13-4-2-3-5-15(13)21-11-14(18-19-21)10-20-7-9-25(22,23)17-12-24-8-6-16(17)20/h2-5,11,16-17H,6-10,12H2,1H3/t16-,17+/m1/s1. The van der Waals surface area contributed by atoms with E-state index in [0.717, 1.165) is 23.4 Å². The van der Waals surface area contributed by atoms with E-state index in [-0.39, 0.29) is 11.8 Å². The molecule has 0 bridgehead atoms. The Labute approximate surface area is 147 Å². The molecular formula is C17H22N4O3S. The van der Waals surface area contributed by atoms with Crippen LogP contribution in [0.15, 0.2) is 30.5 Å². The maximum absolute atomic E-state index is 12.3. The molecule has 2 aliphatic heterocycles. The van der Waals surface area contributed by atoms with E-state index in [9.17, 15) is 8.42 Å². The highest BCUT2D eigenvalue weighted by molar-refractivity contribution is 7.92. The molecule has 0 aliphatic carbocycles. The van der Waals surface area contributed by atoms with Crippen molar-refractivity contribution in [1.29, 1.82) is 0 Å². The first-order valence-electron chi connectivity index (χ1n) is 8.55. The van der Waals surface area contributed by atoms with Crippen LogP contribution in [0, 0.1) is 6.92 Å². The Kier molecular flexibility index (Phi) is 4.35. The number of fused-ring (bicyclic) bond motifs is 1. The Morgan fingerprint density at radius 3 is 3.00 bits per heavy atom. The van der Waals surface area contributed by atoms with Crippen LogP contribution in [-0.2, 0) is 21.1 Å². The van der Waals surface area contributed by atoms with Crippen molar-refractivity contribution in [2.45, 2.75) is 31.2 Å². The van der Waals surface area contributed by atoms with Gasteiger partial charge < -0.3 is 4.74 Å². The van der Waals surface area contributed by atoms with E-state index in [2.05, 4.69) is 15.2 Å². The van der Waals surface area contributed by atoms with Gasteiger partial charge in [0.1, 0.15) is 5.25 Å². The van der Waals surface area contributed by atoms with Crippen LogP contribution < -0.4 is 0 Å². The number of para-hydroxylation sites is 1. The maximum Gasteiger partial charge on any atom is 0.158 e. The molecule has 0 N–H and O–H groups in total. The summed E-state index contributed by atoms with van der Waals surface area (Å²) in [6.45, 7) is 4.12. The number of rotatable bonds is 3. The number of ether oxygens (including phenoxy) is 1. The van der Waals surface area contributed by atoms with Crippen molar-refractivity contribution in [3.8, 4) is 5.69 Å². The lowest BCUT2D eigenvalue weighted by Gasteiger charge is -2.42. The summed E-state index contributed by atoms with van der Waals surface area (Å²) in [5, 5.41) is 8.12. The van der Waals surface area contributed by atoms with Gasteiger partial charge in [0.2, 0.25) is 0 Å². The van der Waals surface area contributed by atoms with Gasteiger partial charge in [-0.2, -0.15) is 0 Å². The predicted molar refractivity (Wildman–Crippen MR) is 93.3 cm³/mol. The normalized spacial score (nSPS) is 26.3. The lowest BCUT2D eigenvalue weighted by molar-refractivity contribution is 0.0309. The fraction of sp³-hybridized carbons (Fsp3) is 0.529. The van der Waals surface area contributed by atoms with Crippen LogP contribution in [0.25, 0.3) is 5.69 Å². The minimum absolute atomic E-state index is 0.0103. The Hall–Kier alpha value is -1.77. The average molecular weight is 362 g/mol. The van der Waals surface area contributed by atoms with Crippen LogP contribution >= 0.6 is 0 Å². The molecule has 2 atom stereocenters. The molecule has 2 aromatic rings. The first-order chi connectivity index (χ1) is 12.0. The number of hydrogen-bond acceptors (Lipinski definition) is 6. The van der Waals surface area contributed by atoms with Crippen LogP contribution in [0.1, 0.15) is 17.7 Å². The summed E-state index contributed by atoms with van der Waals surface area (Å²) in [7, 11) is -3.06. The van der Waals surface area contributed by atoms with E-state index in [1.54, 1.807) is 4.68 Å². The quantitative estimate of drug-likeness (QED) is 0.810. The minimum Gasteiger partial charge on any atom is -0.380 e. The molecule has 3 heterocycles. The highest BCUT2D eigenvalue weighted by Crippen LogP contribution is 2.27. The lowest BCUT2D eigenvalue weighted by atomic mass is 10.1. The number of aromatic nitrogens is 3. The molecule has 2 aliphatic rings. The summed E-state index contributed by atoms with van der Waals surface area (Å²) < 4.78 is 31.8. The Balaban J connectivity index is 1.54. The highest BCUT2D eigenvalue weighted by atomic mass is 32.2. The molecule has 25 heavy (non-hydrogen) atoms. The molecule has 1 aromatic heterocycles. The van der Waals surface area contributed by atoms with Gasteiger partial charge in [0.15, 0.2) is 9.84 Å². The van der Waals surface area contributed by atoms with Crippen LogP contribution in [-0.4, -0.2) is 65.1 Å². The molecule has 2 fully saturated rings. The maximum atomic E-state index is 12.3. The van der Waals surface area contributed by atoms with Crippen molar-refractivity contribution in [1.82, 2.24) is 19.9 Å². The van der Waals surface area contributed by atoms with Crippen LogP contribution in [0.3, 0.4) is 0 Å². The molecule has 0 saturated carbocycles. The number of hydrogen-bond donors (Lipinski definition) is 0. The summed E-state index contributed by atoms with van der Waals surface area (Å²) in [5.74, 6) is 0.184. The zero-order valence-electron chi connectivity index (χ0n) is 14.2. The zero-order valence-corrected chi connectivity index (χ0v) is 15.0. The van der Waals surface area contributed by atoms with Crippen molar-refractivity contribution >= 4 is 9.84 Å². The summed E-state index contributed by atoms with van der Waals surface area (Å²) in [4.78, 5) is 2.22. The van der Waals surface area contributed by atoms with Crippen molar-refractivity contribution in [3.63, 3.8) is 0 Å². The van der Waals surface area contributed by atoms with Gasteiger partial charge in [-0.3, -0.25) is 4.90 Å². The van der Waals surface area contributed by atoms with Gasteiger partial charge in [-0.25, -0.2) is 13.1 Å². The van der Waals surface area contributed by atoms with Crippen molar-refractivity contribution in [3.05, 3.63) is 41.7 Å². The summed E-state index contributed by atoms with van der Waals surface area (Å²) in [6, 6.07) is 8.03. The second-order valence-electron chi connectivity index (χ2n) is 6.75. The van der Waals surface area contributed by atoms with E-state index >= 15 is 0 Å². The summed E-state index contributed by atoms with van der Waals surface area (Å²) in [5.41, 5.74) is 2.99. The third-order valence-electron chi connectivity index (χ3n) is 5.13. The Morgan fingerprint density at radius 2 is 2.16 bits per heavy atom. The number of aryl methyl sites for hydroxylation is 1. The van der Waals surface area contributed by atoms with Crippen LogP contribution in [0.4, 0.5) is 0 Å². The molecule has 0 unspecified atom stereocenters. The van der Waals surface area contributed by atoms with E-state index in [1.165, 1.54) is 0 Å². The van der Waals surface area contributed by atoms with Gasteiger partial charge >= 0.3 is 0 Å². The SMILES string of the molecule is Cc1ccccc1-n1cc(CN2CCS(=O)(=O)[C@H]3COCC[C@H]32)nn1. The largest absolute Gasteiger partial charge is 0.380 e. The van der Waals surface area contributed by atoms with Crippen molar-refractivity contribution in [2.75, 3.05) is 25.5 Å². The second-order valence-corrected chi connectivity index (χ2v) is 9.09. The van der Waals surface area contributed by atoms with Gasteiger partial charge in [0.05, 0.1) is 29.9 Å². The molecule has 0 amide bonds. The van der Waals surface area contributed by atoms with Crippen LogP contribution in [0.5, 0.6) is 0 Å². The molecule has 2 saturated heterocycles. The lowest BCUT2D eigenvalue weighted by Crippen LogP contribution is -2.58. The van der Waals surface area contributed by atoms with Gasteiger partial charge in [-0.15, -0.1) is 5.10 Å². The molecule has 7 nitrogen and oxygen atoms in total. The van der Waals surface area contributed by atoms with E-state index in [0.29, 0.717) is 26.3 Å². The highest BCUT2D eigenvalue weighted by Gasteiger charge is 2.43. The predicted octanol–water partition coefficient (Wildman–Crippen LogP) is 0.964. The third kappa shape index (κ3) is 3.21. The Bertz CT molecular complexity index is 864. The molecule has 8 heteroatoms. The third-order valence-corrected chi connectivity index (χ3v) is 7.26. The first kappa shape index (κ1) is 16.7. The summed E-state index contributed by atoms with van der Waals surface area (Å²) in [6.07, 6.45) is 2.68. The molecular weight excluding hydrogens is 340 g/mol. The smallest absolute Gasteiger partial charge is 0.158 e. The van der Waals surface area contributed by atoms with E-state index in [4.69, 9.17) is 4.74 Å². The number of benzene rings is 1. The molecule has 1 aromatic carbocycles. The Morgan fingerprint density at radius 1 is 1.32 bits per heavy atom. The summed E-state index contributed by atoms with van der Waals surface area (Å²) >= 11 is 0. The van der Waals surface area contributed by atoms with E-state index in [1.807, 2.05) is 37.4 Å². The fourth-order valence-electron chi connectivity index (χ4n) is 3.74. The zero-order chi connectivity index (χ0) is 17.4. The first-order valence-corrected chi connectivity index (χ1v) is 10.3. The van der Waals surface area contributed by atoms with Gasteiger partial charge in [-0.1, -0.05) is 23.4 Å². The molecule has 0 spiro atoms. The van der Waals surface area contributed by atoms with Crippen LogP contribution in [0.2, 0.25) is 0 Å². The van der Waals surface area contributed by atoms with E-state index < -0.39 is 15.1 Å². The number of nitrogens with zero attached hydrogens (tertiary/aromatic N) is 4. The monoisotopic (exact) mass is 362 g/mol. The second kappa shape index (κ2) is 6.51. The molecule has 134 valence electrons. The van der Waals surface area contributed by atoms with Crippen molar-refractivity contribution < 1.29 is 13.2 Å². The van der Waals surface area contributed by atoms with Gasteiger partial charge in [-0.05, 0) is 25.0 Å². The average Bonchev–Trinajstić information content (AvgIpc) is 3.07. The number of sulfone groups is 1. The molecule has 0 radical (unpaired) electrons. The molecule has 4 rings (SSSR count). The minimum atomic E-state index is -3.06.